The van der Waals surface area contributed by atoms with Gasteiger partial charge in [0.25, 0.3) is 0 Å². The number of aromatic nitrogens is 3. The number of anilines is 2. The lowest BCUT2D eigenvalue weighted by molar-refractivity contribution is 0.382. The van der Waals surface area contributed by atoms with Gasteiger partial charge in [-0.05, 0) is 13.8 Å². The molecule has 0 atom stereocenters. The Hall–Kier alpha value is -2.20. The Labute approximate surface area is 140 Å². The van der Waals surface area contributed by atoms with Crippen molar-refractivity contribution in [2.45, 2.75) is 18.7 Å². The molecule has 0 unspecified atom stereocenters. The van der Waals surface area contributed by atoms with Crippen molar-refractivity contribution in [3.63, 3.8) is 0 Å². The van der Waals surface area contributed by atoms with Crippen molar-refractivity contribution < 1.29 is 12.9 Å². The standard InChI is InChI=1S/C14H20N6O3S/c1-3-15-13-8-14(18-11(2)17-13)19-4-6-20(7-5-19)24(21,22)12-9-16-23-10-12/h8-10H,3-7H2,1-2H3,(H,15,17,18). The smallest absolute Gasteiger partial charge is 0.248 e. The van der Waals surface area contributed by atoms with Gasteiger partial charge in [-0.25, -0.2) is 18.4 Å². The van der Waals surface area contributed by atoms with Crippen LogP contribution < -0.4 is 10.2 Å². The first-order chi connectivity index (χ1) is 11.5. The molecule has 9 nitrogen and oxygen atoms in total. The van der Waals surface area contributed by atoms with Gasteiger partial charge in [0.05, 0.1) is 6.20 Å². The van der Waals surface area contributed by atoms with E-state index in [1.807, 2.05) is 19.9 Å². The maximum absolute atomic E-state index is 12.5. The third-order valence-corrected chi connectivity index (χ3v) is 5.63. The molecular weight excluding hydrogens is 332 g/mol. The number of hydrogen-bond donors (Lipinski definition) is 1. The molecule has 1 N–H and O–H groups in total. The van der Waals surface area contributed by atoms with Gasteiger partial charge in [0.1, 0.15) is 28.6 Å². The summed E-state index contributed by atoms with van der Waals surface area (Å²) in [4.78, 5) is 10.9. The molecule has 0 bridgehead atoms. The van der Waals surface area contributed by atoms with Gasteiger partial charge in [0, 0.05) is 38.8 Å². The molecule has 0 aliphatic carbocycles. The third kappa shape index (κ3) is 3.34. The van der Waals surface area contributed by atoms with Gasteiger partial charge >= 0.3 is 0 Å². The molecule has 0 radical (unpaired) electrons. The maximum Gasteiger partial charge on any atom is 0.248 e. The summed E-state index contributed by atoms with van der Waals surface area (Å²) in [7, 11) is -3.54. The average molecular weight is 352 g/mol. The molecule has 1 saturated heterocycles. The van der Waals surface area contributed by atoms with E-state index in [0.717, 1.165) is 24.4 Å². The molecule has 2 aromatic rings. The van der Waals surface area contributed by atoms with Crippen LogP contribution in [-0.2, 0) is 10.0 Å². The first-order valence-electron chi connectivity index (χ1n) is 7.74. The molecule has 1 aliphatic rings. The lowest BCUT2D eigenvalue weighted by atomic mass is 10.3. The van der Waals surface area contributed by atoms with Gasteiger partial charge in [-0.1, -0.05) is 5.16 Å². The zero-order valence-electron chi connectivity index (χ0n) is 13.6. The average Bonchev–Trinajstić information content (AvgIpc) is 3.10. The van der Waals surface area contributed by atoms with Crippen molar-refractivity contribution in [1.82, 2.24) is 19.4 Å². The van der Waals surface area contributed by atoms with Gasteiger partial charge in [0.15, 0.2) is 0 Å². The van der Waals surface area contributed by atoms with E-state index in [0.29, 0.717) is 32.0 Å². The molecule has 10 heteroatoms. The molecule has 0 saturated carbocycles. The highest BCUT2D eigenvalue weighted by atomic mass is 32.2. The molecule has 1 fully saturated rings. The summed E-state index contributed by atoms with van der Waals surface area (Å²) < 4.78 is 31.0. The molecule has 3 rings (SSSR count). The van der Waals surface area contributed by atoms with Crippen LogP contribution in [0.5, 0.6) is 0 Å². The lowest BCUT2D eigenvalue weighted by Crippen LogP contribution is -2.48. The van der Waals surface area contributed by atoms with Crippen molar-refractivity contribution in [1.29, 1.82) is 0 Å². The molecular formula is C14H20N6O3S. The monoisotopic (exact) mass is 352 g/mol. The van der Waals surface area contributed by atoms with Crippen LogP contribution >= 0.6 is 0 Å². The first kappa shape index (κ1) is 16.7. The molecule has 130 valence electrons. The molecule has 24 heavy (non-hydrogen) atoms. The number of nitrogens with one attached hydrogen (secondary N) is 1. The summed E-state index contributed by atoms with van der Waals surface area (Å²) in [5, 5.41) is 6.65. The zero-order chi connectivity index (χ0) is 17.2. The van der Waals surface area contributed by atoms with Crippen LogP contribution in [0.4, 0.5) is 11.6 Å². The number of piperazine rings is 1. The first-order valence-corrected chi connectivity index (χ1v) is 9.18. The number of nitrogens with zero attached hydrogens (tertiary/aromatic N) is 5. The highest BCUT2D eigenvalue weighted by Gasteiger charge is 2.30. The summed E-state index contributed by atoms with van der Waals surface area (Å²) in [5.41, 5.74) is 0. The topological polar surface area (TPSA) is 104 Å². The molecule has 3 heterocycles. The second kappa shape index (κ2) is 6.73. The van der Waals surface area contributed by atoms with E-state index in [4.69, 9.17) is 0 Å². The highest BCUT2D eigenvalue weighted by molar-refractivity contribution is 7.89. The van der Waals surface area contributed by atoms with Crippen molar-refractivity contribution >= 4 is 21.7 Å². The van der Waals surface area contributed by atoms with E-state index in [2.05, 4.69) is 29.9 Å². The normalized spacial score (nSPS) is 16.3. The number of rotatable bonds is 5. The van der Waals surface area contributed by atoms with Gasteiger partial charge < -0.3 is 14.7 Å². The zero-order valence-corrected chi connectivity index (χ0v) is 14.5. The molecule has 1 aliphatic heterocycles. The number of sulfonamides is 1. The van der Waals surface area contributed by atoms with Crippen molar-refractivity contribution in [3.8, 4) is 0 Å². The maximum atomic E-state index is 12.5. The van der Waals surface area contributed by atoms with Crippen LogP contribution in [0.25, 0.3) is 0 Å². The minimum Gasteiger partial charge on any atom is -0.370 e. The Morgan fingerprint density at radius 3 is 2.62 bits per heavy atom. The Morgan fingerprint density at radius 1 is 1.25 bits per heavy atom. The van der Waals surface area contributed by atoms with Crippen LogP contribution in [0, 0.1) is 6.92 Å². The van der Waals surface area contributed by atoms with Gasteiger partial charge in [-0.2, -0.15) is 4.31 Å². The second-order valence-corrected chi connectivity index (χ2v) is 7.38. The minimum atomic E-state index is -3.54. The van der Waals surface area contributed by atoms with Crippen LogP contribution in [0.2, 0.25) is 0 Å². The number of hydrogen-bond acceptors (Lipinski definition) is 8. The minimum absolute atomic E-state index is 0.0864. The molecule has 0 amide bonds. The van der Waals surface area contributed by atoms with E-state index in [-0.39, 0.29) is 4.90 Å². The van der Waals surface area contributed by atoms with E-state index in [9.17, 15) is 8.42 Å². The predicted octanol–water partition coefficient (Wildman–Crippen LogP) is 0.716. The quantitative estimate of drug-likeness (QED) is 0.839. The number of aryl methyl sites for hydroxylation is 1. The third-order valence-electron chi connectivity index (χ3n) is 3.79. The summed E-state index contributed by atoms with van der Waals surface area (Å²) in [5.74, 6) is 2.27. The van der Waals surface area contributed by atoms with E-state index in [1.54, 1.807) is 0 Å². The predicted molar refractivity (Wildman–Crippen MR) is 88.4 cm³/mol. The van der Waals surface area contributed by atoms with E-state index in [1.165, 1.54) is 10.5 Å². The lowest BCUT2D eigenvalue weighted by Gasteiger charge is -2.34. The van der Waals surface area contributed by atoms with Crippen LogP contribution in [0.1, 0.15) is 12.7 Å². The second-order valence-electron chi connectivity index (χ2n) is 5.44. The summed E-state index contributed by atoms with van der Waals surface area (Å²) in [6, 6.07) is 1.89. The Bertz CT molecular complexity index is 785. The highest BCUT2D eigenvalue weighted by Crippen LogP contribution is 2.21. The summed E-state index contributed by atoms with van der Waals surface area (Å²) >= 11 is 0. The van der Waals surface area contributed by atoms with Gasteiger partial charge in [-0.15, -0.1) is 0 Å². The van der Waals surface area contributed by atoms with Crippen molar-refractivity contribution in [3.05, 3.63) is 24.4 Å². The Morgan fingerprint density at radius 2 is 2.00 bits per heavy atom. The molecule has 0 aromatic carbocycles. The fourth-order valence-corrected chi connectivity index (χ4v) is 3.90. The SMILES string of the molecule is CCNc1cc(N2CCN(S(=O)(=O)c3cnoc3)CC2)nc(C)n1. The van der Waals surface area contributed by atoms with E-state index < -0.39 is 10.0 Å². The Kier molecular flexibility index (Phi) is 4.67. The van der Waals surface area contributed by atoms with Crippen LogP contribution in [-0.4, -0.2) is 60.6 Å². The van der Waals surface area contributed by atoms with E-state index >= 15 is 0 Å². The fraction of sp³-hybridized carbons (Fsp3) is 0.500. The van der Waals surface area contributed by atoms with Crippen molar-refractivity contribution in [2.24, 2.45) is 0 Å². The fourth-order valence-electron chi connectivity index (χ4n) is 2.61. The van der Waals surface area contributed by atoms with Crippen LogP contribution in [0.15, 0.2) is 27.9 Å². The van der Waals surface area contributed by atoms with Crippen molar-refractivity contribution in [2.75, 3.05) is 42.9 Å². The molecule has 2 aromatic heterocycles. The van der Waals surface area contributed by atoms with Gasteiger partial charge in [-0.3, -0.25) is 0 Å². The molecule has 0 spiro atoms. The van der Waals surface area contributed by atoms with Crippen LogP contribution in [0.3, 0.4) is 0 Å². The van der Waals surface area contributed by atoms with Gasteiger partial charge in [0.2, 0.25) is 10.0 Å². The largest absolute Gasteiger partial charge is 0.370 e. The Balaban J connectivity index is 1.71. The summed E-state index contributed by atoms with van der Waals surface area (Å²) in [6.07, 6.45) is 2.37. The summed E-state index contributed by atoms with van der Waals surface area (Å²) in [6.45, 7) is 6.52.